The Morgan fingerprint density at radius 3 is 1.45 bits per heavy atom. The average Bonchev–Trinajstić information content (AvgIpc) is 3.34. The van der Waals surface area contributed by atoms with Gasteiger partial charge in [-0.25, -0.2) is 23.4 Å². The smallest absolute Gasteiger partial charge is 0.351 e. The third kappa shape index (κ3) is 33.0. The van der Waals surface area contributed by atoms with Crippen LogP contribution in [0.1, 0.15) is 101 Å². The van der Waals surface area contributed by atoms with Crippen molar-refractivity contribution in [2.45, 2.75) is 98.7 Å². The minimum Gasteiger partial charge on any atom is -0.480 e. The molecule has 0 saturated heterocycles. The summed E-state index contributed by atoms with van der Waals surface area (Å²) in [5, 5.41) is 36.1. The number of nitrogens with one attached hydrogen (secondary N) is 4. The molecule has 420 valence electrons. The molecular formula is C48H70Cl2N6O18S. The van der Waals surface area contributed by atoms with E-state index in [0.717, 1.165) is 0 Å². The third-order valence-corrected chi connectivity index (χ3v) is 8.80. The third-order valence-electron chi connectivity index (χ3n) is 8.80. The number of hydrogen-bond donors (Lipinski definition) is 9. The van der Waals surface area contributed by atoms with Gasteiger partial charge in [-0.1, -0.05) is 43.8 Å². The average molecular weight is 1120 g/mol. The molecule has 3 atom stereocenters. The predicted octanol–water partition coefficient (Wildman–Crippen LogP) is 3.30. The van der Waals surface area contributed by atoms with Gasteiger partial charge < -0.3 is 66.4 Å². The highest BCUT2D eigenvalue weighted by molar-refractivity contribution is 8.26. The number of carbonyl (C=O) groups excluding carboxylic acids is 6. The van der Waals surface area contributed by atoms with Crippen LogP contribution in [0.4, 0.5) is 0 Å². The number of carboxylic acid groups (broad SMARTS) is 2. The molecule has 0 bridgehead atoms. The summed E-state index contributed by atoms with van der Waals surface area (Å²) >= 11 is 0. The summed E-state index contributed by atoms with van der Waals surface area (Å²) in [5.41, 5.74) is 9.27. The Bertz CT molecular complexity index is 2540. The fourth-order valence-electron chi connectivity index (χ4n) is 5.40. The molecule has 0 spiro atoms. The molecule has 0 fully saturated rings. The predicted molar refractivity (Wildman–Crippen MR) is 283 cm³/mol. The van der Waals surface area contributed by atoms with E-state index >= 15 is 0 Å². The molecule has 0 saturated carbocycles. The number of amides is 4. The van der Waals surface area contributed by atoms with Crippen molar-refractivity contribution >= 4 is 99.8 Å². The maximum absolute atomic E-state index is 12.5. The Morgan fingerprint density at radius 2 is 1.07 bits per heavy atom. The van der Waals surface area contributed by atoms with E-state index < -0.39 is 62.4 Å². The maximum Gasteiger partial charge on any atom is 0.351 e. The molecule has 24 nitrogen and oxygen atoms in total. The number of rotatable bonds is 21. The van der Waals surface area contributed by atoms with Crippen LogP contribution in [0.25, 0.3) is 21.9 Å². The highest BCUT2D eigenvalue weighted by atomic mass is 36.0. The van der Waals surface area contributed by atoms with Crippen molar-refractivity contribution < 1.29 is 76.2 Å². The first-order chi connectivity index (χ1) is 35.0. The van der Waals surface area contributed by atoms with Gasteiger partial charge in [0.05, 0.1) is 12.6 Å². The van der Waals surface area contributed by atoms with Crippen LogP contribution < -0.4 is 44.0 Å². The van der Waals surface area contributed by atoms with E-state index in [1.54, 1.807) is 76.2 Å². The van der Waals surface area contributed by atoms with Crippen LogP contribution in [0.15, 0.2) is 79.1 Å². The molecule has 4 aromatic rings. The van der Waals surface area contributed by atoms with E-state index in [-0.39, 0.29) is 94.0 Å². The number of hydrogen-bond acceptors (Lipinski definition) is 18. The van der Waals surface area contributed by atoms with E-state index in [9.17, 15) is 47.9 Å². The van der Waals surface area contributed by atoms with Gasteiger partial charge in [-0.3, -0.25) is 28.8 Å². The highest BCUT2D eigenvalue weighted by Crippen LogP contribution is 2.14. The first kappa shape index (κ1) is 72.6. The molecule has 0 aliphatic rings. The largest absolute Gasteiger partial charge is 0.480 e. The Balaban J connectivity index is -0.000000927. The second-order valence-corrected chi connectivity index (χ2v) is 17.0. The van der Waals surface area contributed by atoms with Gasteiger partial charge in [0.15, 0.2) is 5.78 Å². The van der Waals surface area contributed by atoms with E-state index in [1.165, 1.54) is 19.2 Å². The lowest BCUT2D eigenvalue weighted by molar-refractivity contribution is -0.145. The minimum absolute atomic E-state index is 0. The number of aliphatic carboxylic acids is 1. The quantitative estimate of drug-likeness (QED) is 0.0328. The van der Waals surface area contributed by atoms with E-state index in [4.69, 9.17) is 44.6 Å². The molecule has 0 unspecified atom stereocenters. The lowest BCUT2D eigenvalue weighted by Crippen LogP contribution is -2.43. The van der Waals surface area contributed by atoms with Crippen LogP contribution in [0, 0.1) is 0 Å². The minimum atomic E-state index is -1.67. The van der Waals surface area contributed by atoms with Gasteiger partial charge in [0.2, 0.25) is 26.9 Å². The molecule has 75 heavy (non-hydrogen) atoms. The number of Topliss-reactive ketones (excluding diaryl/α,β-unsaturated/α-hetero) is 1. The number of ketones is 1. The standard InChI is InChI=1S/C19H22N2O6.C10H6O4.C9H18N2O3.C7H14N2O3.C2H6O.CH4.Cl2OS/c1-3-20-16(22)10-9-14(19(25)26-4-2)21-17(23)13-11-12-7-5-6-8-15(12)27-18(13)24;11-9(12)7-5-6-3-1-2-4-8(6)14-10(7)13;1-3-11-9(13)5-4-7(10)8(12)6-14-2;1-2-9-6(10)4-3-5(8)7(11)12;1-2-3;;1-4(2)3/h5-8,11,14H,3-4,9-10H2,1-2H3,(H,20,22)(H,21,23);1-5H,(H,11,12);7H,3-6,10H2,1-2H3,(H,11,13);5H,2-4,8H2,1H3,(H,9,10)(H,11,12);3H,2H2,1H3;1H4;/t14-;;7-;5-;;;/m0.00.../s1. The van der Waals surface area contributed by atoms with Gasteiger partial charge in [-0.2, -0.15) is 0 Å². The van der Waals surface area contributed by atoms with Crippen molar-refractivity contribution in [3.8, 4) is 0 Å². The summed E-state index contributed by atoms with van der Waals surface area (Å²) in [6.45, 7) is 10.7. The topological polar surface area (TPSA) is 393 Å². The number of benzene rings is 2. The molecular weight excluding hydrogens is 1050 g/mol. The Morgan fingerprint density at radius 1 is 0.680 bits per heavy atom. The van der Waals surface area contributed by atoms with Crippen molar-refractivity contribution in [2.24, 2.45) is 11.5 Å². The molecule has 11 N–H and O–H groups in total. The fraction of sp³-hybridized carbons (Fsp3) is 0.458. The number of esters is 1. The lowest BCUT2D eigenvalue weighted by atomic mass is 10.1. The van der Waals surface area contributed by atoms with Gasteiger partial charge in [0, 0.05) is 84.8 Å². The van der Waals surface area contributed by atoms with Gasteiger partial charge in [0.1, 0.15) is 41.0 Å². The first-order valence-electron chi connectivity index (χ1n) is 22.7. The number of aromatic carboxylic acids is 1. The fourth-order valence-corrected chi connectivity index (χ4v) is 5.40. The lowest BCUT2D eigenvalue weighted by Gasteiger charge is -2.17. The van der Waals surface area contributed by atoms with E-state index in [2.05, 4.69) is 47.4 Å². The van der Waals surface area contributed by atoms with Crippen LogP contribution in [0.2, 0.25) is 0 Å². The monoisotopic (exact) mass is 1120 g/mol. The summed E-state index contributed by atoms with van der Waals surface area (Å²) in [6, 6.07) is 13.7. The first-order valence-corrected chi connectivity index (χ1v) is 25.5. The number of carbonyl (C=O) groups is 8. The Hall–Kier alpha value is -6.61. The second kappa shape index (κ2) is 42.7. The van der Waals surface area contributed by atoms with Gasteiger partial charge >= 0.3 is 29.2 Å². The molecule has 2 aromatic carbocycles. The number of ether oxygens (including phenoxy) is 2. The van der Waals surface area contributed by atoms with Gasteiger partial charge in [-0.05, 0) is 78.1 Å². The molecule has 0 aliphatic carbocycles. The van der Waals surface area contributed by atoms with Crippen molar-refractivity contribution in [2.75, 3.05) is 46.6 Å². The van der Waals surface area contributed by atoms with Crippen molar-refractivity contribution in [1.29, 1.82) is 0 Å². The van der Waals surface area contributed by atoms with Gasteiger partial charge in [-0.15, -0.1) is 0 Å². The normalized spacial score (nSPS) is 11.0. The van der Waals surface area contributed by atoms with Crippen molar-refractivity contribution in [3.63, 3.8) is 0 Å². The second-order valence-electron chi connectivity index (χ2n) is 14.5. The molecule has 0 radical (unpaired) electrons. The molecule has 2 heterocycles. The summed E-state index contributed by atoms with van der Waals surface area (Å²) in [7, 11) is 8.80. The molecule has 4 amide bonds. The summed E-state index contributed by atoms with van der Waals surface area (Å²) in [6.07, 6.45) is 1.08. The number of para-hydroxylation sites is 2. The Kier molecular flexibility index (Phi) is 41.4. The maximum atomic E-state index is 12.5. The van der Waals surface area contributed by atoms with Crippen LogP contribution in [-0.4, -0.2) is 132 Å². The van der Waals surface area contributed by atoms with Crippen LogP contribution in [0.3, 0.4) is 0 Å². The number of nitrogens with two attached hydrogens (primary N) is 2. The molecule has 0 aliphatic heterocycles. The summed E-state index contributed by atoms with van der Waals surface area (Å²) in [4.78, 5) is 113. The zero-order valence-corrected chi connectivity index (χ0v) is 44.1. The number of fused-ring (bicyclic) bond motifs is 2. The Labute approximate surface area is 445 Å². The molecule has 27 heteroatoms. The zero-order valence-electron chi connectivity index (χ0n) is 41.8. The summed E-state index contributed by atoms with van der Waals surface area (Å²) < 4.78 is 28.6. The van der Waals surface area contributed by atoms with Gasteiger partial charge in [0.25, 0.3) is 5.91 Å². The van der Waals surface area contributed by atoms with Crippen LogP contribution in [0.5, 0.6) is 0 Å². The molecule has 4 rings (SSSR count). The number of aliphatic hydroxyl groups excluding tert-OH is 1. The van der Waals surface area contributed by atoms with Crippen LogP contribution >= 0.6 is 21.4 Å². The van der Waals surface area contributed by atoms with Crippen LogP contribution in [-0.2, 0) is 47.5 Å². The molecule has 2 aromatic heterocycles. The van der Waals surface area contributed by atoms with E-state index in [1.807, 2.05) is 6.92 Å². The SMILES string of the molecule is C.CCNC(=O)CC[C@H](N)C(=O)COC.CCNC(=O)CC[C@H](N)C(=O)O.CCNC(=O)CC[C@H](NC(=O)c1cc2ccccc2oc1=O)C(=O)OCC.CCO.O=C(O)c1cc2ccccc2oc1=O.O=S(Cl)Cl. The number of aliphatic hydroxyl groups is 1. The number of methoxy groups -OCH3 is 1. The van der Waals surface area contributed by atoms with E-state index in [0.29, 0.717) is 48.0 Å². The van der Waals surface area contributed by atoms with Crippen molar-refractivity contribution in [3.05, 3.63) is 92.6 Å². The zero-order chi connectivity index (χ0) is 56.8. The number of carboxylic acids is 2. The highest BCUT2D eigenvalue weighted by Gasteiger charge is 2.25. The van der Waals surface area contributed by atoms with Crippen molar-refractivity contribution in [1.82, 2.24) is 21.3 Å². The number of halogens is 2. The summed E-state index contributed by atoms with van der Waals surface area (Å²) in [5.74, 6) is -4.42.